The summed E-state index contributed by atoms with van der Waals surface area (Å²) in [5.74, 6) is 1.78. The van der Waals surface area contributed by atoms with Gasteiger partial charge in [0.15, 0.2) is 0 Å². The second-order valence-electron chi connectivity index (χ2n) is 4.96. The zero-order chi connectivity index (χ0) is 15.7. The largest absolute Gasteiger partial charge is 0.374 e. The molecule has 0 atom stereocenters. The zero-order valence-corrected chi connectivity index (χ0v) is 12.8. The van der Waals surface area contributed by atoms with Crippen molar-refractivity contribution < 1.29 is 13.5 Å². The van der Waals surface area contributed by atoms with Gasteiger partial charge >= 0.3 is 0 Å². The molecule has 0 fully saturated rings. The molecule has 2 N–H and O–H groups in total. The average molecular weight is 302 g/mol. The van der Waals surface area contributed by atoms with Crippen molar-refractivity contribution in [2.75, 3.05) is 36.9 Å². The SMILES string of the molecule is CCCNc1ncnc(NCCOCC(F)F)c1C(C)C. The van der Waals surface area contributed by atoms with Crippen molar-refractivity contribution in [3.05, 3.63) is 11.9 Å². The summed E-state index contributed by atoms with van der Waals surface area (Å²) in [6.45, 7) is 7.16. The van der Waals surface area contributed by atoms with Gasteiger partial charge in [-0.15, -0.1) is 0 Å². The fraction of sp³-hybridized carbons (Fsp3) is 0.714. The van der Waals surface area contributed by atoms with Gasteiger partial charge in [-0.3, -0.25) is 0 Å². The maximum Gasteiger partial charge on any atom is 0.261 e. The van der Waals surface area contributed by atoms with Crippen LogP contribution in [0.15, 0.2) is 6.33 Å². The predicted molar refractivity (Wildman–Crippen MR) is 80.2 cm³/mol. The molecule has 0 spiro atoms. The number of rotatable bonds is 10. The third-order valence-electron chi connectivity index (χ3n) is 2.79. The fourth-order valence-corrected chi connectivity index (χ4v) is 1.88. The smallest absolute Gasteiger partial charge is 0.261 e. The lowest BCUT2D eigenvalue weighted by atomic mass is 10.0. The second-order valence-corrected chi connectivity index (χ2v) is 4.96. The van der Waals surface area contributed by atoms with Crippen LogP contribution in [-0.2, 0) is 4.74 Å². The Morgan fingerprint density at radius 1 is 1.14 bits per heavy atom. The minimum atomic E-state index is -2.43. The predicted octanol–water partition coefficient (Wildman–Crippen LogP) is 3.12. The molecule has 7 heteroatoms. The maximum atomic E-state index is 12.0. The Balaban J connectivity index is 2.63. The molecule has 1 rings (SSSR count). The molecule has 0 saturated carbocycles. The van der Waals surface area contributed by atoms with E-state index in [0.29, 0.717) is 6.54 Å². The number of alkyl halides is 2. The van der Waals surface area contributed by atoms with E-state index in [-0.39, 0.29) is 12.5 Å². The van der Waals surface area contributed by atoms with Gasteiger partial charge in [-0.05, 0) is 12.3 Å². The van der Waals surface area contributed by atoms with Crippen LogP contribution in [0.5, 0.6) is 0 Å². The van der Waals surface area contributed by atoms with Crippen molar-refractivity contribution in [2.45, 2.75) is 39.5 Å². The summed E-state index contributed by atoms with van der Waals surface area (Å²) in [7, 11) is 0. The first-order valence-corrected chi connectivity index (χ1v) is 7.24. The van der Waals surface area contributed by atoms with Crippen LogP contribution in [-0.4, -0.2) is 42.7 Å². The van der Waals surface area contributed by atoms with Crippen LogP contribution in [0.25, 0.3) is 0 Å². The monoisotopic (exact) mass is 302 g/mol. The van der Waals surface area contributed by atoms with Crippen LogP contribution >= 0.6 is 0 Å². The fourth-order valence-electron chi connectivity index (χ4n) is 1.88. The molecule has 21 heavy (non-hydrogen) atoms. The molecule has 1 aromatic heterocycles. The maximum absolute atomic E-state index is 12.0. The van der Waals surface area contributed by atoms with Gasteiger partial charge < -0.3 is 15.4 Å². The molecule has 0 unspecified atom stereocenters. The van der Waals surface area contributed by atoms with Gasteiger partial charge in [0.25, 0.3) is 6.43 Å². The first-order valence-electron chi connectivity index (χ1n) is 7.24. The lowest BCUT2D eigenvalue weighted by Crippen LogP contribution is -2.16. The number of nitrogens with one attached hydrogen (secondary N) is 2. The molecule has 1 aromatic rings. The lowest BCUT2D eigenvalue weighted by molar-refractivity contribution is 0.0214. The highest BCUT2D eigenvalue weighted by Crippen LogP contribution is 2.28. The standard InChI is InChI=1S/C14H24F2N4O/c1-4-5-17-13-12(10(2)3)14(20-9-19-13)18-6-7-21-8-11(15)16/h9-11H,4-8H2,1-3H3,(H2,17,18,19,20). The summed E-state index contributed by atoms with van der Waals surface area (Å²) in [4.78, 5) is 8.51. The second kappa shape index (κ2) is 9.44. The molecule has 1 heterocycles. The Kier molecular flexibility index (Phi) is 7.89. The van der Waals surface area contributed by atoms with E-state index in [2.05, 4.69) is 41.4 Å². The molecule has 0 bridgehead atoms. The van der Waals surface area contributed by atoms with Crippen molar-refractivity contribution >= 4 is 11.6 Å². The molecule has 0 aliphatic carbocycles. The Labute approximate surface area is 124 Å². The van der Waals surface area contributed by atoms with Crippen LogP contribution in [0.2, 0.25) is 0 Å². The Bertz CT molecular complexity index is 416. The van der Waals surface area contributed by atoms with Crippen LogP contribution in [0.3, 0.4) is 0 Å². The van der Waals surface area contributed by atoms with E-state index in [0.717, 1.165) is 30.2 Å². The van der Waals surface area contributed by atoms with Crippen LogP contribution < -0.4 is 10.6 Å². The Hall–Kier alpha value is -1.50. The number of nitrogens with zero attached hydrogens (tertiary/aromatic N) is 2. The van der Waals surface area contributed by atoms with Crippen LogP contribution in [0.1, 0.15) is 38.7 Å². The van der Waals surface area contributed by atoms with E-state index in [1.807, 2.05) is 0 Å². The first-order chi connectivity index (χ1) is 10.1. The van der Waals surface area contributed by atoms with Crippen molar-refractivity contribution in [1.82, 2.24) is 9.97 Å². The molecular weight excluding hydrogens is 278 g/mol. The molecule has 0 aliphatic rings. The summed E-state index contributed by atoms with van der Waals surface area (Å²) in [5, 5.41) is 6.40. The summed E-state index contributed by atoms with van der Waals surface area (Å²) < 4.78 is 28.7. The summed E-state index contributed by atoms with van der Waals surface area (Å²) in [6, 6.07) is 0. The van der Waals surface area contributed by atoms with E-state index >= 15 is 0 Å². The first kappa shape index (κ1) is 17.6. The van der Waals surface area contributed by atoms with E-state index in [1.165, 1.54) is 6.33 Å². The number of hydrogen-bond acceptors (Lipinski definition) is 5. The minimum Gasteiger partial charge on any atom is -0.374 e. The van der Waals surface area contributed by atoms with Crippen LogP contribution in [0, 0.1) is 0 Å². The van der Waals surface area contributed by atoms with E-state index in [1.54, 1.807) is 0 Å². The summed E-state index contributed by atoms with van der Waals surface area (Å²) >= 11 is 0. The number of anilines is 2. The average Bonchev–Trinajstić information content (AvgIpc) is 2.44. The molecule has 0 saturated heterocycles. The molecule has 0 amide bonds. The highest BCUT2D eigenvalue weighted by Gasteiger charge is 2.14. The molecule has 0 aliphatic heterocycles. The number of hydrogen-bond donors (Lipinski definition) is 2. The Morgan fingerprint density at radius 3 is 2.29 bits per heavy atom. The van der Waals surface area contributed by atoms with Gasteiger partial charge in [-0.25, -0.2) is 18.7 Å². The van der Waals surface area contributed by atoms with Crippen molar-refractivity contribution in [1.29, 1.82) is 0 Å². The van der Waals surface area contributed by atoms with E-state index in [9.17, 15) is 8.78 Å². The van der Waals surface area contributed by atoms with Gasteiger partial charge in [-0.2, -0.15) is 0 Å². The zero-order valence-electron chi connectivity index (χ0n) is 12.8. The van der Waals surface area contributed by atoms with Gasteiger partial charge in [0.05, 0.1) is 6.61 Å². The van der Waals surface area contributed by atoms with Crippen molar-refractivity contribution in [2.24, 2.45) is 0 Å². The highest BCUT2D eigenvalue weighted by molar-refractivity contribution is 5.58. The van der Waals surface area contributed by atoms with Crippen molar-refractivity contribution in [3.63, 3.8) is 0 Å². The quantitative estimate of drug-likeness (QED) is 0.650. The highest BCUT2D eigenvalue weighted by atomic mass is 19.3. The van der Waals surface area contributed by atoms with E-state index < -0.39 is 13.0 Å². The molecule has 120 valence electrons. The van der Waals surface area contributed by atoms with Gasteiger partial charge in [0, 0.05) is 18.7 Å². The lowest BCUT2D eigenvalue weighted by Gasteiger charge is -2.17. The molecule has 0 aromatic carbocycles. The third-order valence-corrected chi connectivity index (χ3v) is 2.79. The topological polar surface area (TPSA) is 59.1 Å². The van der Waals surface area contributed by atoms with Gasteiger partial charge in [0.1, 0.15) is 24.6 Å². The molecular formula is C14H24F2N4O. The van der Waals surface area contributed by atoms with Crippen LogP contribution in [0.4, 0.5) is 20.4 Å². The summed E-state index contributed by atoms with van der Waals surface area (Å²) in [5.41, 5.74) is 1.000. The van der Waals surface area contributed by atoms with Crippen molar-refractivity contribution in [3.8, 4) is 0 Å². The number of ether oxygens (including phenoxy) is 1. The normalized spacial score (nSPS) is 11.2. The molecule has 5 nitrogen and oxygen atoms in total. The molecule has 0 radical (unpaired) electrons. The summed E-state index contributed by atoms with van der Waals surface area (Å²) in [6.07, 6.45) is 0.0676. The van der Waals surface area contributed by atoms with Gasteiger partial charge in [0.2, 0.25) is 0 Å². The minimum absolute atomic E-state index is 0.212. The third kappa shape index (κ3) is 6.20. The Morgan fingerprint density at radius 2 is 1.76 bits per heavy atom. The number of aromatic nitrogens is 2. The van der Waals surface area contributed by atoms with Gasteiger partial charge in [-0.1, -0.05) is 20.8 Å². The van der Waals surface area contributed by atoms with E-state index in [4.69, 9.17) is 4.74 Å². The number of halogens is 2.